The molecule has 1 aliphatic rings. The number of nitro groups is 1. The van der Waals surface area contributed by atoms with Crippen molar-refractivity contribution in [3.05, 3.63) is 40.1 Å². The van der Waals surface area contributed by atoms with E-state index in [0.717, 1.165) is 50.2 Å². The highest BCUT2D eigenvalue weighted by Crippen LogP contribution is 2.26. The first-order valence-corrected chi connectivity index (χ1v) is 7.17. The summed E-state index contributed by atoms with van der Waals surface area (Å²) in [4.78, 5) is 13.0. The monoisotopic (exact) mass is 289 g/mol. The van der Waals surface area contributed by atoms with Gasteiger partial charge in [-0.05, 0) is 18.1 Å². The molecule has 21 heavy (non-hydrogen) atoms. The summed E-state index contributed by atoms with van der Waals surface area (Å²) in [6, 6.07) is 5.07. The van der Waals surface area contributed by atoms with Crippen molar-refractivity contribution in [1.82, 2.24) is 9.47 Å². The molecule has 112 valence electrons. The molecule has 0 bridgehead atoms. The third kappa shape index (κ3) is 2.91. The second-order valence-electron chi connectivity index (χ2n) is 5.43. The molecular weight excluding hydrogens is 270 g/mol. The van der Waals surface area contributed by atoms with Crippen molar-refractivity contribution < 1.29 is 9.66 Å². The molecule has 0 atom stereocenters. The number of fused-ring (bicyclic) bond motifs is 1. The van der Waals surface area contributed by atoms with E-state index in [1.165, 1.54) is 5.56 Å². The standard InChI is InChI=1S/C15H19N3O3/c1-16-11-12(4-5-17-6-8-21-9-7-17)14-10-13(18(19)20)2-3-15(14)16/h2-3,10-11H,4-9H2,1H3. The van der Waals surface area contributed by atoms with Gasteiger partial charge in [0.25, 0.3) is 5.69 Å². The molecule has 0 amide bonds. The van der Waals surface area contributed by atoms with Gasteiger partial charge in [-0.1, -0.05) is 0 Å². The molecule has 6 heteroatoms. The fourth-order valence-electron chi connectivity index (χ4n) is 2.88. The summed E-state index contributed by atoms with van der Waals surface area (Å²) in [5.41, 5.74) is 2.36. The molecule has 1 aliphatic heterocycles. The smallest absolute Gasteiger partial charge is 0.270 e. The lowest BCUT2D eigenvalue weighted by Gasteiger charge is -2.26. The van der Waals surface area contributed by atoms with Crippen molar-refractivity contribution in [3.63, 3.8) is 0 Å². The van der Waals surface area contributed by atoms with Gasteiger partial charge in [-0.25, -0.2) is 0 Å². The molecule has 1 saturated heterocycles. The van der Waals surface area contributed by atoms with Crippen LogP contribution in [0.4, 0.5) is 5.69 Å². The number of rotatable bonds is 4. The Labute approximate surface area is 123 Å². The van der Waals surface area contributed by atoms with Crippen LogP contribution in [0.25, 0.3) is 10.9 Å². The van der Waals surface area contributed by atoms with Crippen LogP contribution in [0.15, 0.2) is 24.4 Å². The van der Waals surface area contributed by atoms with E-state index in [9.17, 15) is 10.1 Å². The summed E-state index contributed by atoms with van der Waals surface area (Å²) in [6.07, 6.45) is 2.98. The maximum Gasteiger partial charge on any atom is 0.270 e. The summed E-state index contributed by atoms with van der Waals surface area (Å²) in [5, 5.41) is 11.9. The van der Waals surface area contributed by atoms with Gasteiger partial charge in [-0.3, -0.25) is 15.0 Å². The molecule has 0 saturated carbocycles. The number of hydrogen-bond acceptors (Lipinski definition) is 4. The Morgan fingerprint density at radius 3 is 2.81 bits per heavy atom. The Kier molecular flexibility index (Phi) is 3.90. The van der Waals surface area contributed by atoms with Gasteiger partial charge in [0.15, 0.2) is 0 Å². The van der Waals surface area contributed by atoms with Crippen LogP contribution in [0.3, 0.4) is 0 Å². The topological polar surface area (TPSA) is 60.5 Å². The Morgan fingerprint density at radius 1 is 1.33 bits per heavy atom. The van der Waals surface area contributed by atoms with Crippen LogP contribution in [0.1, 0.15) is 5.56 Å². The number of aryl methyl sites for hydroxylation is 1. The minimum atomic E-state index is -0.335. The number of nitrogens with zero attached hydrogens (tertiary/aromatic N) is 3. The van der Waals surface area contributed by atoms with Gasteiger partial charge in [-0.2, -0.15) is 0 Å². The third-order valence-corrected chi connectivity index (χ3v) is 4.07. The van der Waals surface area contributed by atoms with E-state index in [1.54, 1.807) is 12.1 Å². The number of morpholine rings is 1. The number of nitro benzene ring substituents is 1. The van der Waals surface area contributed by atoms with Crippen LogP contribution in [0, 0.1) is 10.1 Å². The lowest BCUT2D eigenvalue weighted by Crippen LogP contribution is -2.37. The van der Waals surface area contributed by atoms with E-state index in [0.29, 0.717) is 0 Å². The van der Waals surface area contributed by atoms with E-state index in [4.69, 9.17) is 4.74 Å². The maximum absolute atomic E-state index is 10.9. The number of hydrogen-bond donors (Lipinski definition) is 0. The predicted molar refractivity (Wildman–Crippen MR) is 80.5 cm³/mol. The summed E-state index contributed by atoms with van der Waals surface area (Å²) >= 11 is 0. The van der Waals surface area contributed by atoms with E-state index in [-0.39, 0.29) is 10.6 Å². The Morgan fingerprint density at radius 2 is 2.10 bits per heavy atom. The van der Waals surface area contributed by atoms with Gasteiger partial charge in [0.05, 0.1) is 18.1 Å². The Bertz CT molecular complexity index is 659. The van der Waals surface area contributed by atoms with Crippen LogP contribution in [0.2, 0.25) is 0 Å². The van der Waals surface area contributed by atoms with E-state index < -0.39 is 0 Å². The summed E-state index contributed by atoms with van der Waals surface area (Å²) in [6.45, 7) is 4.48. The van der Waals surface area contributed by atoms with E-state index in [2.05, 4.69) is 11.1 Å². The highest BCUT2D eigenvalue weighted by Gasteiger charge is 2.14. The highest BCUT2D eigenvalue weighted by molar-refractivity contribution is 5.86. The van der Waals surface area contributed by atoms with Gasteiger partial charge in [0, 0.05) is 55.9 Å². The Balaban J connectivity index is 1.83. The lowest BCUT2D eigenvalue weighted by atomic mass is 10.1. The van der Waals surface area contributed by atoms with Crippen molar-refractivity contribution in [2.75, 3.05) is 32.8 Å². The van der Waals surface area contributed by atoms with Gasteiger partial charge in [0.2, 0.25) is 0 Å². The maximum atomic E-state index is 10.9. The first-order valence-electron chi connectivity index (χ1n) is 7.17. The summed E-state index contributed by atoms with van der Waals surface area (Å²) in [5.74, 6) is 0. The normalized spacial score (nSPS) is 16.4. The molecule has 0 unspecified atom stereocenters. The molecular formula is C15H19N3O3. The van der Waals surface area contributed by atoms with Gasteiger partial charge in [0.1, 0.15) is 0 Å². The van der Waals surface area contributed by atoms with Crippen LogP contribution >= 0.6 is 0 Å². The third-order valence-electron chi connectivity index (χ3n) is 4.07. The Hall–Kier alpha value is -1.92. The summed E-state index contributed by atoms with van der Waals surface area (Å²) in [7, 11) is 1.98. The second kappa shape index (κ2) is 5.83. The van der Waals surface area contributed by atoms with Crippen molar-refractivity contribution in [3.8, 4) is 0 Å². The second-order valence-corrected chi connectivity index (χ2v) is 5.43. The van der Waals surface area contributed by atoms with Crippen molar-refractivity contribution >= 4 is 16.6 Å². The predicted octanol–water partition coefficient (Wildman–Crippen LogP) is 1.96. The molecule has 0 N–H and O–H groups in total. The first-order chi connectivity index (χ1) is 10.1. The van der Waals surface area contributed by atoms with Crippen molar-refractivity contribution in [2.24, 2.45) is 7.05 Å². The molecule has 0 spiro atoms. The minimum absolute atomic E-state index is 0.154. The van der Waals surface area contributed by atoms with E-state index >= 15 is 0 Å². The molecule has 1 aromatic carbocycles. The molecule has 1 fully saturated rings. The van der Waals surface area contributed by atoms with Crippen LogP contribution in [-0.4, -0.2) is 47.2 Å². The van der Waals surface area contributed by atoms with Gasteiger partial charge >= 0.3 is 0 Å². The zero-order valence-corrected chi connectivity index (χ0v) is 12.1. The van der Waals surface area contributed by atoms with Crippen LogP contribution in [-0.2, 0) is 18.2 Å². The zero-order valence-electron chi connectivity index (χ0n) is 12.1. The molecule has 1 aromatic heterocycles. The minimum Gasteiger partial charge on any atom is -0.379 e. The molecule has 0 aliphatic carbocycles. The number of non-ortho nitro benzene ring substituents is 1. The van der Waals surface area contributed by atoms with Gasteiger partial charge in [-0.15, -0.1) is 0 Å². The van der Waals surface area contributed by atoms with Gasteiger partial charge < -0.3 is 9.30 Å². The number of aromatic nitrogens is 1. The largest absolute Gasteiger partial charge is 0.379 e. The highest BCUT2D eigenvalue weighted by atomic mass is 16.6. The van der Waals surface area contributed by atoms with Crippen LogP contribution < -0.4 is 0 Å². The fraction of sp³-hybridized carbons (Fsp3) is 0.467. The number of benzene rings is 1. The average molecular weight is 289 g/mol. The first kappa shape index (κ1) is 14.0. The molecule has 3 rings (SSSR count). The quantitative estimate of drug-likeness (QED) is 0.637. The molecule has 2 aromatic rings. The zero-order chi connectivity index (χ0) is 14.8. The molecule has 6 nitrogen and oxygen atoms in total. The molecule has 0 radical (unpaired) electrons. The summed E-state index contributed by atoms with van der Waals surface area (Å²) < 4.78 is 7.38. The average Bonchev–Trinajstić information content (AvgIpc) is 2.82. The van der Waals surface area contributed by atoms with Crippen molar-refractivity contribution in [2.45, 2.75) is 6.42 Å². The fourth-order valence-corrected chi connectivity index (χ4v) is 2.88. The van der Waals surface area contributed by atoms with E-state index in [1.807, 2.05) is 17.7 Å². The lowest BCUT2D eigenvalue weighted by molar-refractivity contribution is -0.384. The van der Waals surface area contributed by atoms with Crippen molar-refractivity contribution in [1.29, 1.82) is 0 Å². The molecule has 2 heterocycles. The van der Waals surface area contributed by atoms with Crippen LogP contribution in [0.5, 0.6) is 0 Å². The number of ether oxygens (including phenoxy) is 1. The SMILES string of the molecule is Cn1cc(CCN2CCOCC2)c2cc([N+](=O)[O-])ccc21.